The van der Waals surface area contributed by atoms with Gasteiger partial charge >= 0.3 is 0 Å². The molecule has 0 bridgehead atoms. The smallest absolute Gasteiger partial charge is 0.160 e. The second-order valence-corrected chi connectivity index (χ2v) is 17.7. The van der Waals surface area contributed by atoms with E-state index in [1.807, 2.05) is 12.1 Å². The molecule has 0 saturated carbocycles. The summed E-state index contributed by atoms with van der Waals surface area (Å²) >= 11 is 0. The van der Waals surface area contributed by atoms with Crippen molar-refractivity contribution >= 4 is 11.4 Å². The van der Waals surface area contributed by atoms with Gasteiger partial charge in [-0.1, -0.05) is 190 Å². The van der Waals surface area contributed by atoms with Crippen LogP contribution in [0.5, 0.6) is 0 Å². The Morgan fingerprint density at radius 2 is 1.03 bits per heavy atom. The van der Waals surface area contributed by atoms with E-state index in [1.54, 1.807) is 0 Å². The van der Waals surface area contributed by atoms with E-state index in [-0.39, 0.29) is 11.3 Å². The number of hydrogen-bond acceptors (Lipinski definition) is 3. The Morgan fingerprint density at radius 3 is 1.78 bits per heavy atom. The summed E-state index contributed by atoms with van der Waals surface area (Å²) in [6, 6.07) is 72.6. The molecule has 0 radical (unpaired) electrons. The third kappa shape index (κ3) is 6.35. The van der Waals surface area contributed by atoms with Gasteiger partial charge in [-0.15, -0.1) is 0 Å². The summed E-state index contributed by atoms with van der Waals surface area (Å²) in [5.41, 5.74) is 22.6. The zero-order valence-corrected chi connectivity index (χ0v) is 35.9. The number of hydrogen-bond donors (Lipinski definition) is 0. The highest BCUT2D eigenvalue weighted by molar-refractivity contribution is 5.90. The minimum Gasteiger partial charge on any atom is -0.313 e. The Labute approximate surface area is 375 Å². The minimum atomic E-state index is -0.0592. The molecule has 8 aromatic carbocycles. The number of nitrogens with zero attached hydrogens (tertiary/aromatic N) is 3. The van der Waals surface area contributed by atoms with Crippen molar-refractivity contribution in [1.82, 2.24) is 9.97 Å². The molecule has 3 heteroatoms. The van der Waals surface area contributed by atoms with Crippen molar-refractivity contribution in [3.63, 3.8) is 0 Å². The van der Waals surface area contributed by atoms with Crippen molar-refractivity contribution in [1.29, 1.82) is 0 Å². The molecular weight excluding hydrogens is 775 g/mol. The van der Waals surface area contributed by atoms with Crippen molar-refractivity contribution in [3.05, 3.63) is 241 Å². The molecule has 2 aliphatic carbocycles. The van der Waals surface area contributed by atoms with Crippen molar-refractivity contribution in [2.45, 2.75) is 31.6 Å². The van der Waals surface area contributed by atoms with Gasteiger partial charge in [-0.05, 0) is 110 Å². The Morgan fingerprint density at radius 1 is 0.453 bits per heavy atom. The molecule has 1 unspecified atom stereocenters. The Balaban J connectivity index is 0.922. The highest BCUT2D eigenvalue weighted by Gasteiger charge is 2.36. The van der Waals surface area contributed by atoms with Crippen LogP contribution in [0.3, 0.4) is 0 Å². The van der Waals surface area contributed by atoms with Gasteiger partial charge in [0, 0.05) is 39.4 Å². The molecule has 0 spiro atoms. The number of allylic oxidation sites excluding steroid dienone is 4. The molecule has 2 heterocycles. The van der Waals surface area contributed by atoms with Crippen molar-refractivity contribution < 1.29 is 0 Å². The lowest BCUT2D eigenvalue weighted by atomic mass is 9.81. The van der Waals surface area contributed by atoms with Crippen LogP contribution in [0.4, 0.5) is 11.4 Å². The minimum absolute atomic E-state index is 0.0592. The van der Waals surface area contributed by atoms with Crippen LogP contribution in [0.15, 0.2) is 224 Å². The van der Waals surface area contributed by atoms with Crippen molar-refractivity contribution in [3.8, 4) is 78.4 Å². The largest absolute Gasteiger partial charge is 0.313 e. The van der Waals surface area contributed by atoms with Crippen LogP contribution >= 0.6 is 0 Å². The molecule has 64 heavy (non-hydrogen) atoms. The fourth-order valence-corrected chi connectivity index (χ4v) is 10.4. The highest BCUT2D eigenvalue weighted by Crippen LogP contribution is 2.53. The lowest BCUT2D eigenvalue weighted by molar-refractivity contribution is 0.660. The first-order valence-electron chi connectivity index (χ1n) is 22.3. The van der Waals surface area contributed by atoms with E-state index in [0.717, 1.165) is 40.2 Å². The molecule has 12 rings (SSSR count). The normalized spacial score (nSPS) is 15.2. The SMILES string of the molecule is CC1(C)c2ccccc2-c2ccc(-c3ccccc3-c3cccc(-c4ccc5c(c4)N(c4cccc(-c6nc(-c7ccccc7)cc(-c7ccccc7)n6)c4)C4=CC=CCC45)c3)cc21. The topological polar surface area (TPSA) is 29.0 Å². The molecule has 3 nitrogen and oxygen atoms in total. The molecule has 1 atom stereocenters. The lowest BCUT2D eigenvalue weighted by Crippen LogP contribution is -2.14. The number of rotatable bonds is 7. The Kier molecular flexibility index (Phi) is 8.98. The van der Waals surface area contributed by atoms with Crippen molar-refractivity contribution in [2.75, 3.05) is 4.90 Å². The standard InChI is InChI=1S/C61H45N3/c1-61(2)54-29-13-11-27-50(54)51-33-32-45(37-55(51)61)49-26-10-9-25-48(49)44-22-15-21-42(35-44)43-31-34-53-52-28-12-14-30-58(52)64(59(53)38-43)47-24-16-23-46(36-47)60-62-56(40-17-5-3-6-18-40)39-57(63-60)41-19-7-4-8-20-41/h3-27,29-39,52H,28H2,1-2H3. The van der Waals surface area contributed by atoms with Crippen molar-refractivity contribution in [2.24, 2.45) is 0 Å². The molecule has 9 aromatic rings. The predicted octanol–water partition coefficient (Wildman–Crippen LogP) is 15.9. The molecule has 1 aliphatic heterocycles. The molecular formula is C61H45N3. The van der Waals surface area contributed by atoms with Gasteiger partial charge in [-0.25, -0.2) is 9.97 Å². The number of benzene rings is 8. The van der Waals surface area contributed by atoms with E-state index in [2.05, 4.69) is 225 Å². The van der Waals surface area contributed by atoms with Gasteiger partial charge < -0.3 is 4.90 Å². The summed E-state index contributed by atoms with van der Waals surface area (Å²) in [6.07, 6.45) is 7.75. The summed E-state index contributed by atoms with van der Waals surface area (Å²) in [4.78, 5) is 12.8. The van der Waals surface area contributed by atoms with E-state index in [4.69, 9.17) is 9.97 Å². The molecule has 1 aromatic heterocycles. The zero-order valence-electron chi connectivity index (χ0n) is 35.9. The van der Waals surface area contributed by atoms with E-state index in [1.165, 1.54) is 72.6 Å². The quantitative estimate of drug-likeness (QED) is 0.160. The summed E-state index contributed by atoms with van der Waals surface area (Å²) < 4.78 is 0. The van der Waals surface area contributed by atoms with Gasteiger partial charge in [0.05, 0.1) is 17.1 Å². The zero-order chi connectivity index (χ0) is 42.8. The highest BCUT2D eigenvalue weighted by atomic mass is 15.2. The van der Waals surface area contributed by atoms with E-state index >= 15 is 0 Å². The van der Waals surface area contributed by atoms with E-state index in [0.29, 0.717) is 5.82 Å². The number of aromatic nitrogens is 2. The van der Waals surface area contributed by atoms with E-state index < -0.39 is 0 Å². The van der Waals surface area contributed by atoms with Crippen LogP contribution in [0.2, 0.25) is 0 Å². The van der Waals surface area contributed by atoms with Gasteiger partial charge in [0.1, 0.15) is 0 Å². The second kappa shape index (κ2) is 15.2. The molecule has 0 saturated heterocycles. The molecule has 3 aliphatic rings. The summed E-state index contributed by atoms with van der Waals surface area (Å²) in [6.45, 7) is 4.71. The van der Waals surface area contributed by atoms with Gasteiger partial charge in [0.2, 0.25) is 0 Å². The van der Waals surface area contributed by atoms with Gasteiger partial charge in [0.25, 0.3) is 0 Å². The van der Waals surface area contributed by atoms with E-state index in [9.17, 15) is 0 Å². The average Bonchev–Trinajstić information content (AvgIpc) is 3.82. The average molecular weight is 820 g/mol. The third-order valence-corrected chi connectivity index (χ3v) is 13.6. The number of fused-ring (bicyclic) bond motifs is 6. The monoisotopic (exact) mass is 819 g/mol. The molecule has 0 fully saturated rings. The first-order chi connectivity index (χ1) is 31.5. The predicted molar refractivity (Wildman–Crippen MR) is 265 cm³/mol. The van der Waals surface area contributed by atoms with Gasteiger partial charge in [-0.3, -0.25) is 0 Å². The molecule has 0 N–H and O–H groups in total. The first kappa shape index (κ1) is 37.8. The number of anilines is 2. The fourth-order valence-electron chi connectivity index (χ4n) is 10.4. The Bertz CT molecular complexity index is 3280. The molecule has 304 valence electrons. The lowest BCUT2D eigenvalue weighted by Gasteiger charge is -2.25. The maximum atomic E-state index is 5.18. The van der Waals surface area contributed by atoms with Crippen LogP contribution in [-0.2, 0) is 5.41 Å². The maximum absolute atomic E-state index is 5.18. The fraction of sp³-hybridized carbons (Fsp3) is 0.0820. The summed E-state index contributed by atoms with van der Waals surface area (Å²) in [5, 5.41) is 0. The van der Waals surface area contributed by atoms with Crippen LogP contribution < -0.4 is 4.90 Å². The maximum Gasteiger partial charge on any atom is 0.160 e. The summed E-state index contributed by atoms with van der Waals surface area (Å²) in [7, 11) is 0. The van der Waals surface area contributed by atoms with Gasteiger partial charge in [0.15, 0.2) is 5.82 Å². The van der Waals surface area contributed by atoms with Crippen LogP contribution in [0.25, 0.3) is 78.4 Å². The van der Waals surface area contributed by atoms with Gasteiger partial charge in [-0.2, -0.15) is 0 Å². The molecule has 0 amide bonds. The van der Waals surface area contributed by atoms with Crippen LogP contribution in [0, 0.1) is 0 Å². The first-order valence-corrected chi connectivity index (χ1v) is 22.3. The summed E-state index contributed by atoms with van der Waals surface area (Å²) in [5.74, 6) is 0.985. The second-order valence-electron chi connectivity index (χ2n) is 17.7. The van der Waals surface area contributed by atoms with Crippen LogP contribution in [-0.4, -0.2) is 9.97 Å². The Hall–Kier alpha value is -7.88. The van der Waals surface area contributed by atoms with Crippen LogP contribution in [0.1, 0.15) is 42.9 Å². The third-order valence-electron chi connectivity index (χ3n) is 13.6.